The molecule has 0 radical (unpaired) electrons. The predicted molar refractivity (Wildman–Crippen MR) is 42.2 cm³/mol. The Kier molecular flexibility index (Phi) is 2.42. The largest absolute Gasteiger partial charge is 0.312 e. The second-order valence-corrected chi connectivity index (χ2v) is 1.83. The molecule has 0 aliphatic rings. The van der Waals surface area contributed by atoms with E-state index < -0.39 is 0 Å². The molecule has 1 aromatic carbocycles. The smallest absolute Gasteiger partial charge is 0.0496 e. The van der Waals surface area contributed by atoms with Crippen molar-refractivity contribution >= 4 is 18.5 Å². The Hall–Kier alpha value is -0.670. The lowest BCUT2D eigenvalue weighted by Gasteiger charge is -1.99. The molecule has 2 N–H and O–H groups in total. The van der Waals surface area contributed by atoms with Crippen molar-refractivity contribution in [1.29, 1.82) is 0 Å². The molecule has 0 saturated heterocycles. The molecule has 0 saturated carbocycles. The number of anilines is 1. The molecule has 1 rings (SSSR count). The average molecular weight is 140 g/mol. The van der Waals surface area contributed by atoms with E-state index in [9.17, 15) is 0 Å². The van der Waals surface area contributed by atoms with Crippen LogP contribution in [0, 0.1) is 0 Å². The number of hydrogen-bond acceptors (Lipinski definition) is 3. The molecule has 1 aromatic rings. The van der Waals surface area contributed by atoms with Crippen molar-refractivity contribution in [3.05, 3.63) is 30.3 Å². The van der Waals surface area contributed by atoms with Gasteiger partial charge in [0.25, 0.3) is 0 Å². The molecule has 0 heterocycles. The Morgan fingerprint density at radius 2 is 1.78 bits per heavy atom. The zero-order valence-corrected chi connectivity index (χ0v) is 5.73. The van der Waals surface area contributed by atoms with Crippen LogP contribution in [0.3, 0.4) is 0 Å². The molecule has 3 heteroatoms. The van der Waals surface area contributed by atoms with Gasteiger partial charge in [-0.05, 0) is 12.1 Å². The van der Waals surface area contributed by atoms with Crippen LogP contribution in [0.1, 0.15) is 0 Å². The summed E-state index contributed by atoms with van der Waals surface area (Å²) < 4.78 is 0. The van der Waals surface area contributed by atoms with Crippen LogP contribution >= 0.6 is 12.8 Å². The van der Waals surface area contributed by atoms with Crippen LogP contribution in [0.15, 0.2) is 30.3 Å². The highest BCUT2D eigenvalue weighted by molar-refractivity contribution is 7.78. The lowest BCUT2D eigenvalue weighted by atomic mass is 10.3. The predicted octanol–water partition coefficient (Wildman–Crippen LogP) is 1.45. The van der Waals surface area contributed by atoms with E-state index in [0.29, 0.717) is 0 Å². The molecule has 0 aliphatic heterocycles. The van der Waals surface area contributed by atoms with Gasteiger partial charge in [0.05, 0.1) is 0 Å². The zero-order chi connectivity index (χ0) is 6.53. The normalized spacial score (nSPS) is 9.00. The number of rotatable bonds is 2. The minimum absolute atomic E-state index is 1.01. The molecule has 0 fully saturated rings. The lowest BCUT2D eigenvalue weighted by molar-refractivity contribution is 1.23. The SMILES string of the molecule is SNNc1ccccc1. The van der Waals surface area contributed by atoms with Gasteiger partial charge in [0.1, 0.15) is 0 Å². The first-order chi connectivity index (χ1) is 4.43. The Bertz CT molecular complexity index is 164. The first-order valence-electron chi connectivity index (χ1n) is 2.63. The van der Waals surface area contributed by atoms with E-state index in [4.69, 9.17) is 0 Å². The van der Waals surface area contributed by atoms with Gasteiger partial charge in [-0.3, -0.25) is 0 Å². The number of para-hydroxylation sites is 1. The van der Waals surface area contributed by atoms with E-state index in [1.807, 2.05) is 30.3 Å². The molecule has 0 spiro atoms. The third kappa shape index (κ3) is 1.95. The lowest BCUT2D eigenvalue weighted by Crippen LogP contribution is -2.07. The van der Waals surface area contributed by atoms with Gasteiger partial charge < -0.3 is 5.43 Å². The summed E-state index contributed by atoms with van der Waals surface area (Å²) in [5.74, 6) is 0. The van der Waals surface area contributed by atoms with Crippen molar-refractivity contribution in [1.82, 2.24) is 4.83 Å². The molecule has 0 unspecified atom stereocenters. The first-order valence-corrected chi connectivity index (χ1v) is 3.08. The topological polar surface area (TPSA) is 24.1 Å². The molecule has 0 atom stereocenters. The van der Waals surface area contributed by atoms with Crippen LogP contribution in [0.4, 0.5) is 5.69 Å². The highest BCUT2D eigenvalue weighted by Gasteiger charge is 1.81. The number of benzene rings is 1. The third-order valence-electron chi connectivity index (χ3n) is 0.974. The number of hydrogen-bond donors (Lipinski definition) is 3. The molecule has 0 aliphatic carbocycles. The van der Waals surface area contributed by atoms with Crippen LogP contribution in [-0.4, -0.2) is 0 Å². The van der Waals surface area contributed by atoms with Crippen molar-refractivity contribution in [2.75, 3.05) is 5.43 Å². The summed E-state index contributed by atoms with van der Waals surface area (Å²) in [5, 5.41) is 0. The minimum Gasteiger partial charge on any atom is -0.312 e. The quantitative estimate of drug-likeness (QED) is 0.428. The van der Waals surface area contributed by atoms with E-state index >= 15 is 0 Å². The molecule has 48 valence electrons. The van der Waals surface area contributed by atoms with Crippen molar-refractivity contribution in [2.24, 2.45) is 0 Å². The van der Waals surface area contributed by atoms with Crippen molar-refractivity contribution in [2.45, 2.75) is 0 Å². The van der Waals surface area contributed by atoms with Gasteiger partial charge in [0, 0.05) is 5.69 Å². The standard InChI is InChI=1S/C6H8N2S/c9-8-7-6-4-2-1-3-5-6/h1-5,7-9H. The van der Waals surface area contributed by atoms with Gasteiger partial charge >= 0.3 is 0 Å². The summed E-state index contributed by atoms with van der Waals surface area (Å²) in [6.45, 7) is 0. The van der Waals surface area contributed by atoms with Gasteiger partial charge in [-0.25, -0.2) is 0 Å². The van der Waals surface area contributed by atoms with Gasteiger partial charge in [-0.15, -0.1) is 0 Å². The Morgan fingerprint density at radius 1 is 1.11 bits per heavy atom. The van der Waals surface area contributed by atoms with Gasteiger partial charge in [0.15, 0.2) is 0 Å². The summed E-state index contributed by atoms with van der Waals surface area (Å²) >= 11 is 3.77. The van der Waals surface area contributed by atoms with Crippen LogP contribution in [0.25, 0.3) is 0 Å². The van der Waals surface area contributed by atoms with Gasteiger partial charge in [-0.1, -0.05) is 31.0 Å². The van der Waals surface area contributed by atoms with Crippen LogP contribution in [-0.2, 0) is 0 Å². The highest BCUT2D eigenvalue weighted by Crippen LogP contribution is 2.01. The van der Waals surface area contributed by atoms with E-state index in [2.05, 4.69) is 23.1 Å². The van der Waals surface area contributed by atoms with E-state index in [0.717, 1.165) is 5.69 Å². The third-order valence-corrected chi connectivity index (χ3v) is 1.09. The number of thiol groups is 1. The second kappa shape index (κ2) is 3.37. The Balaban J connectivity index is 2.61. The second-order valence-electron chi connectivity index (χ2n) is 1.60. The molecule has 9 heavy (non-hydrogen) atoms. The minimum atomic E-state index is 1.01. The van der Waals surface area contributed by atoms with Crippen LogP contribution < -0.4 is 10.3 Å². The fourth-order valence-electron chi connectivity index (χ4n) is 0.586. The number of hydrazine groups is 1. The zero-order valence-electron chi connectivity index (χ0n) is 4.83. The maximum Gasteiger partial charge on any atom is 0.0496 e. The van der Waals surface area contributed by atoms with Crippen LogP contribution in [0.2, 0.25) is 0 Å². The Morgan fingerprint density at radius 3 is 2.33 bits per heavy atom. The maximum absolute atomic E-state index is 3.77. The summed E-state index contributed by atoms with van der Waals surface area (Å²) in [7, 11) is 0. The van der Waals surface area contributed by atoms with E-state index in [1.165, 1.54) is 0 Å². The molecule has 2 nitrogen and oxygen atoms in total. The van der Waals surface area contributed by atoms with Gasteiger partial charge in [0.2, 0.25) is 0 Å². The molecule has 0 bridgehead atoms. The number of nitrogens with one attached hydrogen (secondary N) is 2. The summed E-state index contributed by atoms with van der Waals surface area (Å²) in [5.41, 5.74) is 3.83. The monoisotopic (exact) mass is 140 g/mol. The van der Waals surface area contributed by atoms with E-state index in [1.54, 1.807) is 0 Å². The van der Waals surface area contributed by atoms with Crippen molar-refractivity contribution in [3.63, 3.8) is 0 Å². The van der Waals surface area contributed by atoms with Crippen molar-refractivity contribution in [3.8, 4) is 0 Å². The Labute approximate surface area is 59.8 Å². The molecular weight excluding hydrogens is 132 g/mol. The maximum atomic E-state index is 3.77. The molecular formula is C6H8N2S. The summed E-state index contributed by atoms with van der Waals surface area (Å²) in [4.78, 5) is 2.53. The van der Waals surface area contributed by atoms with Crippen molar-refractivity contribution < 1.29 is 0 Å². The fourth-order valence-corrected chi connectivity index (χ4v) is 0.715. The fraction of sp³-hybridized carbons (Fsp3) is 0. The molecule has 0 aromatic heterocycles. The summed E-state index contributed by atoms with van der Waals surface area (Å²) in [6.07, 6.45) is 0. The van der Waals surface area contributed by atoms with Gasteiger partial charge in [-0.2, -0.15) is 4.83 Å². The van der Waals surface area contributed by atoms with Crippen LogP contribution in [0.5, 0.6) is 0 Å². The summed E-state index contributed by atoms with van der Waals surface area (Å²) in [6, 6.07) is 9.76. The first kappa shape index (κ1) is 6.45. The van der Waals surface area contributed by atoms with E-state index in [-0.39, 0.29) is 0 Å². The average Bonchev–Trinajstić information content (AvgIpc) is 1.91. The highest BCUT2D eigenvalue weighted by atomic mass is 32.1. The molecule has 0 amide bonds.